The number of carbonyl (C=O) groups excluding carboxylic acids is 1. The summed E-state index contributed by atoms with van der Waals surface area (Å²) in [6.45, 7) is 0.883. The molecule has 0 fully saturated rings. The molecule has 2 aromatic carbocycles. The Morgan fingerprint density at radius 1 is 1.23 bits per heavy atom. The van der Waals surface area contributed by atoms with Crippen LogP contribution < -0.4 is 10.5 Å². The zero-order chi connectivity index (χ0) is 21.3. The summed E-state index contributed by atoms with van der Waals surface area (Å²) in [6.07, 6.45) is 0.836. The van der Waals surface area contributed by atoms with E-state index in [4.69, 9.17) is 22.1 Å². The van der Waals surface area contributed by atoms with Gasteiger partial charge in [0.1, 0.15) is 11.6 Å². The fourth-order valence-corrected chi connectivity index (χ4v) is 3.74. The van der Waals surface area contributed by atoms with Gasteiger partial charge in [0.05, 0.1) is 24.9 Å². The van der Waals surface area contributed by atoms with Crippen molar-refractivity contribution in [3.8, 4) is 17.0 Å². The van der Waals surface area contributed by atoms with Gasteiger partial charge in [-0.15, -0.1) is 0 Å². The Balaban J connectivity index is 1.66. The van der Waals surface area contributed by atoms with Crippen LogP contribution in [0.25, 0.3) is 11.3 Å². The average molecular weight is 427 g/mol. The molecule has 30 heavy (non-hydrogen) atoms. The normalized spacial score (nSPS) is 13.1. The molecule has 3 aromatic rings. The summed E-state index contributed by atoms with van der Waals surface area (Å²) in [5.74, 6) is 0.0686. The lowest BCUT2D eigenvalue weighted by Gasteiger charge is -2.30. The number of hydrogen-bond acceptors (Lipinski definition) is 5. The molecule has 0 spiro atoms. The van der Waals surface area contributed by atoms with Crippen LogP contribution in [0.1, 0.15) is 16.8 Å². The first-order valence-electron chi connectivity index (χ1n) is 9.46. The SMILES string of the molecule is COc1cc(F)ccc1-c1nc(N)nc2c1CN(C(=O)Cc1ccc(Cl)cc1)CC2. The molecule has 1 aliphatic heterocycles. The maximum Gasteiger partial charge on any atom is 0.227 e. The van der Waals surface area contributed by atoms with E-state index in [9.17, 15) is 9.18 Å². The lowest BCUT2D eigenvalue weighted by molar-refractivity contribution is -0.131. The molecule has 0 saturated heterocycles. The number of aromatic nitrogens is 2. The predicted molar refractivity (Wildman–Crippen MR) is 113 cm³/mol. The number of hydrogen-bond donors (Lipinski definition) is 1. The van der Waals surface area contributed by atoms with Gasteiger partial charge in [-0.3, -0.25) is 4.79 Å². The van der Waals surface area contributed by atoms with Gasteiger partial charge in [0.25, 0.3) is 0 Å². The molecule has 1 aliphatic rings. The monoisotopic (exact) mass is 426 g/mol. The molecule has 1 amide bonds. The number of rotatable bonds is 4. The number of carbonyl (C=O) groups is 1. The van der Waals surface area contributed by atoms with Crippen molar-refractivity contribution in [1.82, 2.24) is 14.9 Å². The lowest BCUT2D eigenvalue weighted by Crippen LogP contribution is -2.37. The third-order valence-corrected chi connectivity index (χ3v) is 5.37. The van der Waals surface area contributed by atoms with Gasteiger partial charge in [0, 0.05) is 41.7 Å². The number of amides is 1. The first-order valence-corrected chi connectivity index (χ1v) is 9.84. The van der Waals surface area contributed by atoms with Gasteiger partial charge >= 0.3 is 0 Å². The van der Waals surface area contributed by atoms with Crippen molar-refractivity contribution in [2.75, 3.05) is 19.4 Å². The Bertz CT molecular complexity index is 1110. The molecule has 2 N–H and O–H groups in total. The maximum atomic E-state index is 13.7. The van der Waals surface area contributed by atoms with Gasteiger partial charge in [-0.05, 0) is 29.8 Å². The minimum Gasteiger partial charge on any atom is -0.496 e. The van der Waals surface area contributed by atoms with Crippen molar-refractivity contribution in [3.05, 3.63) is 70.1 Å². The van der Waals surface area contributed by atoms with E-state index in [1.165, 1.54) is 19.2 Å². The number of benzene rings is 2. The van der Waals surface area contributed by atoms with Crippen LogP contribution >= 0.6 is 11.6 Å². The predicted octanol–water partition coefficient (Wildman–Crippen LogP) is 3.65. The number of methoxy groups -OCH3 is 1. The molecule has 0 unspecified atom stereocenters. The largest absolute Gasteiger partial charge is 0.496 e. The zero-order valence-corrected chi connectivity index (χ0v) is 17.1. The van der Waals surface area contributed by atoms with Crippen LogP contribution in [0.5, 0.6) is 5.75 Å². The molecule has 8 heteroatoms. The van der Waals surface area contributed by atoms with E-state index in [-0.39, 0.29) is 18.3 Å². The summed E-state index contributed by atoms with van der Waals surface area (Å²) in [4.78, 5) is 23.4. The highest BCUT2D eigenvalue weighted by Crippen LogP contribution is 2.35. The third-order valence-electron chi connectivity index (χ3n) is 5.12. The Hall–Kier alpha value is -3.19. The highest BCUT2D eigenvalue weighted by Gasteiger charge is 2.27. The van der Waals surface area contributed by atoms with E-state index in [2.05, 4.69) is 9.97 Å². The second-order valence-corrected chi connectivity index (χ2v) is 7.51. The highest BCUT2D eigenvalue weighted by molar-refractivity contribution is 6.30. The number of fused-ring (bicyclic) bond motifs is 1. The molecule has 0 aliphatic carbocycles. The number of halogens is 2. The Labute approximate surface area is 178 Å². The Morgan fingerprint density at radius 2 is 2.00 bits per heavy atom. The number of anilines is 1. The first-order chi connectivity index (χ1) is 14.4. The van der Waals surface area contributed by atoms with Crippen molar-refractivity contribution in [2.45, 2.75) is 19.4 Å². The number of nitrogens with zero attached hydrogens (tertiary/aromatic N) is 3. The van der Waals surface area contributed by atoms with Gasteiger partial charge in [-0.1, -0.05) is 23.7 Å². The van der Waals surface area contributed by atoms with Crippen molar-refractivity contribution >= 4 is 23.5 Å². The minimum atomic E-state index is -0.411. The number of nitrogens with two attached hydrogens (primary N) is 1. The van der Waals surface area contributed by atoms with E-state index >= 15 is 0 Å². The summed E-state index contributed by atoms with van der Waals surface area (Å²) in [5, 5.41) is 0.630. The fraction of sp³-hybridized carbons (Fsp3) is 0.227. The first kappa shape index (κ1) is 20.1. The van der Waals surface area contributed by atoms with Gasteiger partial charge in [-0.2, -0.15) is 0 Å². The molecular formula is C22H20ClFN4O2. The minimum absolute atomic E-state index is 0.00295. The molecule has 6 nitrogen and oxygen atoms in total. The molecule has 0 saturated carbocycles. The van der Waals surface area contributed by atoms with Gasteiger partial charge in [0.15, 0.2) is 0 Å². The average Bonchev–Trinajstić information content (AvgIpc) is 2.74. The van der Waals surface area contributed by atoms with E-state index < -0.39 is 5.82 Å². The summed E-state index contributed by atoms with van der Waals surface area (Å²) < 4.78 is 19.0. The molecule has 0 bridgehead atoms. The third kappa shape index (κ3) is 4.07. The molecular weight excluding hydrogens is 407 g/mol. The Kier molecular flexibility index (Phi) is 5.55. The molecule has 4 rings (SSSR count). The molecule has 1 aromatic heterocycles. The van der Waals surface area contributed by atoms with Crippen LogP contribution in [-0.4, -0.2) is 34.4 Å². The van der Waals surface area contributed by atoms with E-state index in [1.54, 1.807) is 23.1 Å². The zero-order valence-electron chi connectivity index (χ0n) is 16.4. The summed E-state index contributed by atoms with van der Waals surface area (Å²) in [5.41, 5.74) is 9.56. The van der Waals surface area contributed by atoms with Crippen molar-refractivity contribution in [1.29, 1.82) is 0 Å². The smallest absolute Gasteiger partial charge is 0.227 e. The standard InChI is InChI=1S/C22H20ClFN4O2/c1-30-19-11-15(24)6-7-16(19)21-17-12-28(9-8-18(17)26-22(25)27-21)20(29)10-13-2-4-14(23)5-3-13/h2-7,11H,8-10,12H2,1H3,(H2,25,26,27). The second-order valence-electron chi connectivity index (χ2n) is 7.07. The Morgan fingerprint density at radius 3 is 2.73 bits per heavy atom. The summed E-state index contributed by atoms with van der Waals surface area (Å²) >= 11 is 5.92. The van der Waals surface area contributed by atoms with Crippen LogP contribution in [-0.2, 0) is 24.2 Å². The van der Waals surface area contributed by atoms with Crippen LogP contribution in [0.3, 0.4) is 0 Å². The van der Waals surface area contributed by atoms with E-state index in [0.29, 0.717) is 41.5 Å². The lowest BCUT2D eigenvalue weighted by atomic mass is 9.98. The molecule has 2 heterocycles. The highest BCUT2D eigenvalue weighted by atomic mass is 35.5. The van der Waals surface area contributed by atoms with Gasteiger partial charge in [0.2, 0.25) is 11.9 Å². The summed E-state index contributed by atoms with van der Waals surface area (Å²) in [7, 11) is 1.47. The van der Waals surface area contributed by atoms with Crippen molar-refractivity contribution in [3.63, 3.8) is 0 Å². The molecule has 154 valence electrons. The molecule has 0 atom stereocenters. The van der Waals surface area contributed by atoms with Crippen LogP contribution in [0.15, 0.2) is 42.5 Å². The van der Waals surface area contributed by atoms with Crippen LogP contribution in [0.2, 0.25) is 5.02 Å². The summed E-state index contributed by atoms with van der Waals surface area (Å²) in [6, 6.07) is 11.5. The topological polar surface area (TPSA) is 81.3 Å². The van der Waals surface area contributed by atoms with E-state index in [1.807, 2.05) is 12.1 Å². The quantitative estimate of drug-likeness (QED) is 0.688. The fourth-order valence-electron chi connectivity index (χ4n) is 3.62. The second kappa shape index (κ2) is 8.28. The van der Waals surface area contributed by atoms with Crippen LogP contribution in [0.4, 0.5) is 10.3 Å². The van der Waals surface area contributed by atoms with E-state index in [0.717, 1.165) is 16.8 Å². The number of ether oxygens (including phenoxy) is 1. The van der Waals surface area contributed by atoms with Gasteiger partial charge in [-0.25, -0.2) is 14.4 Å². The van der Waals surface area contributed by atoms with Crippen molar-refractivity contribution < 1.29 is 13.9 Å². The molecule has 0 radical (unpaired) electrons. The van der Waals surface area contributed by atoms with Crippen molar-refractivity contribution in [2.24, 2.45) is 0 Å². The van der Waals surface area contributed by atoms with Gasteiger partial charge < -0.3 is 15.4 Å². The maximum absolute atomic E-state index is 13.7. The van der Waals surface area contributed by atoms with Crippen LogP contribution in [0, 0.1) is 5.82 Å². The number of nitrogen functional groups attached to an aromatic ring is 1.